The molecule has 0 saturated carbocycles. The standard InChI is InChI=1S/C11H20N4O2/c1-7(16)9-5-4-8(10(17)15-9)3-2-6-14-11(12)13/h8-9H,2-6H2,1H3,(H,15,17)(H4,12,13,14)/t8-,9?/m0/s1. The maximum absolute atomic E-state index is 11.7. The topological polar surface area (TPSA) is 111 Å². The largest absolute Gasteiger partial charge is 0.370 e. The molecule has 5 N–H and O–H groups in total. The second-order valence-corrected chi connectivity index (χ2v) is 4.39. The quantitative estimate of drug-likeness (QED) is 0.342. The van der Waals surface area contributed by atoms with E-state index in [-0.39, 0.29) is 29.6 Å². The highest BCUT2D eigenvalue weighted by Gasteiger charge is 2.29. The van der Waals surface area contributed by atoms with Crippen LogP contribution >= 0.6 is 0 Å². The van der Waals surface area contributed by atoms with Crippen LogP contribution in [-0.4, -0.2) is 30.2 Å². The zero-order chi connectivity index (χ0) is 12.8. The van der Waals surface area contributed by atoms with Gasteiger partial charge in [0, 0.05) is 12.5 Å². The molecule has 0 aromatic rings. The molecule has 2 atom stereocenters. The number of hydrogen-bond donors (Lipinski definition) is 3. The minimum atomic E-state index is -0.295. The average molecular weight is 240 g/mol. The first-order valence-corrected chi connectivity index (χ1v) is 5.87. The summed E-state index contributed by atoms with van der Waals surface area (Å²) >= 11 is 0. The lowest BCUT2D eigenvalue weighted by molar-refractivity contribution is -0.132. The first-order valence-electron chi connectivity index (χ1n) is 5.87. The molecule has 1 aliphatic rings. The SMILES string of the molecule is CC(=O)C1CC[C@H](CCCN=C(N)N)C(=O)N1. The Morgan fingerprint density at radius 1 is 1.47 bits per heavy atom. The van der Waals surface area contributed by atoms with Crippen molar-refractivity contribution in [3.8, 4) is 0 Å². The van der Waals surface area contributed by atoms with Crippen molar-refractivity contribution in [3.63, 3.8) is 0 Å². The minimum absolute atomic E-state index is 0.0141. The Kier molecular flexibility index (Phi) is 4.93. The second-order valence-electron chi connectivity index (χ2n) is 4.39. The van der Waals surface area contributed by atoms with Crippen molar-refractivity contribution in [1.82, 2.24) is 5.32 Å². The van der Waals surface area contributed by atoms with Gasteiger partial charge in [0.25, 0.3) is 0 Å². The van der Waals surface area contributed by atoms with Crippen LogP contribution in [0.1, 0.15) is 32.6 Å². The molecule has 1 fully saturated rings. The number of guanidine groups is 1. The summed E-state index contributed by atoms with van der Waals surface area (Å²) in [7, 11) is 0. The number of hydrogen-bond acceptors (Lipinski definition) is 3. The van der Waals surface area contributed by atoms with E-state index in [1.807, 2.05) is 0 Å². The highest BCUT2D eigenvalue weighted by atomic mass is 16.2. The van der Waals surface area contributed by atoms with Gasteiger partial charge in [-0.1, -0.05) is 0 Å². The molecule has 1 rings (SSSR count). The van der Waals surface area contributed by atoms with E-state index in [1.165, 1.54) is 6.92 Å². The fourth-order valence-corrected chi connectivity index (χ4v) is 1.99. The van der Waals surface area contributed by atoms with Gasteiger partial charge in [0.15, 0.2) is 11.7 Å². The van der Waals surface area contributed by atoms with Gasteiger partial charge in [0.05, 0.1) is 6.04 Å². The Labute approximate surface area is 101 Å². The van der Waals surface area contributed by atoms with Crippen LogP contribution in [0.25, 0.3) is 0 Å². The van der Waals surface area contributed by atoms with E-state index in [2.05, 4.69) is 10.3 Å². The maximum atomic E-state index is 11.7. The van der Waals surface area contributed by atoms with Gasteiger partial charge in [-0.25, -0.2) is 0 Å². The van der Waals surface area contributed by atoms with Crippen molar-refractivity contribution < 1.29 is 9.59 Å². The molecule has 0 aliphatic carbocycles. The zero-order valence-electron chi connectivity index (χ0n) is 10.1. The smallest absolute Gasteiger partial charge is 0.223 e. The van der Waals surface area contributed by atoms with E-state index in [0.717, 1.165) is 25.7 Å². The van der Waals surface area contributed by atoms with Crippen molar-refractivity contribution in [2.45, 2.75) is 38.6 Å². The monoisotopic (exact) mass is 240 g/mol. The Morgan fingerprint density at radius 2 is 2.18 bits per heavy atom. The van der Waals surface area contributed by atoms with Crippen molar-refractivity contribution in [3.05, 3.63) is 0 Å². The third kappa shape index (κ3) is 4.42. The molecule has 1 heterocycles. The predicted molar refractivity (Wildman–Crippen MR) is 65.2 cm³/mol. The molecular weight excluding hydrogens is 220 g/mol. The van der Waals surface area contributed by atoms with Crippen LogP contribution in [-0.2, 0) is 9.59 Å². The highest BCUT2D eigenvalue weighted by molar-refractivity contribution is 5.89. The van der Waals surface area contributed by atoms with Gasteiger partial charge in [0.1, 0.15) is 0 Å². The molecule has 1 saturated heterocycles. The third-order valence-corrected chi connectivity index (χ3v) is 2.99. The lowest BCUT2D eigenvalue weighted by Crippen LogP contribution is -2.47. The van der Waals surface area contributed by atoms with Gasteiger partial charge >= 0.3 is 0 Å². The first-order chi connectivity index (χ1) is 8.00. The molecule has 1 aliphatic heterocycles. The van der Waals surface area contributed by atoms with Crippen LogP contribution < -0.4 is 16.8 Å². The number of nitrogens with one attached hydrogen (secondary N) is 1. The van der Waals surface area contributed by atoms with Crippen molar-refractivity contribution in [2.24, 2.45) is 22.4 Å². The molecule has 17 heavy (non-hydrogen) atoms. The number of carbonyl (C=O) groups excluding carboxylic acids is 2. The first kappa shape index (κ1) is 13.5. The Morgan fingerprint density at radius 3 is 2.71 bits per heavy atom. The molecule has 1 amide bonds. The number of Topliss-reactive ketones (excluding diaryl/α,β-unsaturated/α-hetero) is 1. The van der Waals surface area contributed by atoms with E-state index in [0.29, 0.717) is 6.54 Å². The second kappa shape index (κ2) is 6.22. The van der Waals surface area contributed by atoms with E-state index in [1.54, 1.807) is 0 Å². The molecule has 1 unspecified atom stereocenters. The summed E-state index contributed by atoms with van der Waals surface area (Å²) in [6, 6.07) is -0.295. The number of rotatable bonds is 5. The summed E-state index contributed by atoms with van der Waals surface area (Å²) in [5.74, 6) is 0.0630. The average Bonchev–Trinajstić information content (AvgIpc) is 2.25. The van der Waals surface area contributed by atoms with Crippen molar-refractivity contribution >= 4 is 17.6 Å². The summed E-state index contributed by atoms with van der Waals surface area (Å²) in [5, 5.41) is 2.74. The van der Waals surface area contributed by atoms with Crippen LogP contribution in [0.3, 0.4) is 0 Å². The molecule has 0 aromatic carbocycles. The minimum Gasteiger partial charge on any atom is -0.370 e. The fourth-order valence-electron chi connectivity index (χ4n) is 1.99. The Balaban J connectivity index is 2.30. The van der Waals surface area contributed by atoms with Gasteiger partial charge in [-0.2, -0.15) is 0 Å². The van der Waals surface area contributed by atoms with Crippen molar-refractivity contribution in [1.29, 1.82) is 0 Å². The summed E-state index contributed by atoms with van der Waals surface area (Å²) in [6.45, 7) is 2.05. The van der Waals surface area contributed by atoms with Crippen LogP contribution in [0.2, 0.25) is 0 Å². The fraction of sp³-hybridized carbons (Fsp3) is 0.727. The lowest BCUT2D eigenvalue weighted by atomic mass is 9.89. The molecular formula is C11H20N4O2. The van der Waals surface area contributed by atoms with Crippen LogP contribution in [0, 0.1) is 5.92 Å². The number of aliphatic imine (C=N–C) groups is 1. The summed E-state index contributed by atoms with van der Waals surface area (Å²) in [6.07, 6.45) is 3.03. The molecule has 0 radical (unpaired) electrons. The molecule has 0 aromatic heterocycles. The number of nitrogens with zero attached hydrogens (tertiary/aromatic N) is 1. The third-order valence-electron chi connectivity index (χ3n) is 2.99. The zero-order valence-corrected chi connectivity index (χ0v) is 10.1. The molecule has 96 valence electrons. The number of carbonyl (C=O) groups is 2. The lowest BCUT2D eigenvalue weighted by Gasteiger charge is -2.27. The summed E-state index contributed by atoms with van der Waals surface area (Å²) < 4.78 is 0. The summed E-state index contributed by atoms with van der Waals surface area (Å²) in [4.78, 5) is 26.7. The molecule has 0 bridgehead atoms. The van der Waals surface area contributed by atoms with E-state index < -0.39 is 0 Å². The van der Waals surface area contributed by atoms with Crippen LogP contribution in [0.15, 0.2) is 4.99 Å². The van der Waals surface area contributed by atoms with E-state index >= 15 is 0 Å². The van der Waals surface area contributed by atoms with E-state index in [4.69, 9.17) is 11.5 Å². The van der Waals surface area contributed by atoms with Gasteiger partial charge in [0.2, 0.25) is 5.91 Å². The van der Waals surface area contributed by atoms with Crippen molar-refractivity contribution in [2.75, 3.05) is 6.54 Å². The number of nitrogens with two attached hydrogens (primary N) is 2. The van der Waals surface area contributed by atoms with E-state index in [9.17, 15) is 9.59 Å². The molecule has 0 spiro atoms. The van der Waals surface area contributed by atoms with Gasteiger partial charge < -0.3 is 16.8 Å². The Hall–Kier alpha value is -1.59. The molecule has 6 heteroatoms. The number of piperidine rings is 1. The number of ketones is 1. The number of amides is 1. The van der Waals surface area contributed by atoms with Gasteiger partial charge in [-0.15, -0.1) is 0 Å². The maximum Gasteiger partial charge on any atom is 0.223 e. The normalized spacial score (nSPS) is 23.9. The van der Waals surface area contributed by atoms with Crippen LogP contribution in [0.4, 0.5) is 0 Å². The van der Waals surface area contributed by atoms with Gasteiger partial charge in [-0.05, 0) is 32.6 Å². The van der Waals surface area contributed by atoms with Gasteiger partial charge in [-0.3, -0.25) is 14.6 Å². The van der Waals surface area contributed by atoms with Crippen LogP contribution in [0.5, 0.6) is 0 Å². The summed E-state index contributed by atoms with van der Waals surface area (Å²) in [5.41, 5.74) is 10.4. The Bertz CT molecular complexity index is 323. The predicted octanol–water partition coefficient (Wildman–Crippen LogP) is -0.476. The highest BCUT2D eigenvalue weighted by Crippen LogP contribution is 2.20. The molecule has 6 nitrogen and oxygen atoms in total.